The molecule has 3 aromatic rings. The number of amides is 2. The number of aromatic nitrogens is 2. The number of carbonyl (C=O) groups is 2. The van der Waals surface area contributed by atoms with E-state index in [4.69, 9.17) is 9.47 Å². The van der Waals surface area contributed by atoms with E-state index >= 15 is 0 Å². The molecule has 1 aliphatic rings. The van der Waals surface area contributed by atoms with Crippen molar-refractivity contribution in [2.75, 3.05) is 33.9 Å². The number of rotatable bonds is 8. The Morgan fingerprint density at radius 2 is 1.97 bits per heavy atom. The van der Waals surface area contributed by atoms with Crippen LogP contribution in [0, 0.1) is 5.92 Å². The molecule has 1 N–H and O–H groups in total. The molecule has 1 aliphatic heterocycles. The van der Waals surface area contributed by atoms with E-state index in [1.54, 1.807) is 42.4 Å². The molecule has 2 aromatic heterocycles. The first-order valence-corrected chi connectivity index (χ1v) is 12.7. The van der Waals surface area contributed by atoms with Gasteiger partial charge in [0, 0.05) is 43.2 Å². The summed E-state index contributed by atoms with van der Waals surface area (Å²) in [5.41, 5.74) is 2.65. The van der Waals surface area contributed by atoms with Crippen LogP contribution in [0.2, 0.25) is 0 Å². The van der Waals surface area contributed by atoms with E-state index in [0.717, 1.165) is 16.9 Å². The first kappa shape index (κ1) is 27.1. The highest BCUT2D eigenvalue weighted by molar-refractivity contribution is 5.98. The van der Waals surface area contributed by atoms with Crippen LogP contribution in [0.5, 0.6) is 11.6 Å². The van der Waals surface area contributed by atoms with Crippen LogP contribution in [-0.4, -0.2) is 82.7 Å². The van der Waals surface area contributed by atoms with E-state index in [-0.39, 0.29) is 36.6 Å². The van der Waals surface area contributed by atoms with Crippen LogP contribution in [0.25, 0.3) is 11.1 Å². The van der Waals surface area contributed by atoms with Gasteiger partial charge in [-0.15, -0.1) is 0 Å². The number of nitrogens with zero attached hydrogens (tertiary/aromatic N) is 4. The summed E-state index contributed by atoms with van der Waals surface area (Å²) in [6.07, 6.45) is 3.10. The zero-order chi connectivity index (χ0) is 27.2. The Morgan fingerprint density at radius 1 is 1.21 bits per heavy atom. The summed E-state index contributed by atoms with van der Waals surface area (Å²) in [7, 11) is 3.34. The third-order valence-corrected chi connectivity index (χ3v) is 6.88. The molecule has 2 amide bonds. The number of hydrogen-bond donors (Lipinski definition) is 1. The van der Waals surface area contributed by atoms with Gasteiger partial charge in [-0.25, -0.2) is 4.98 Å². The fourth-order valence-electron chi connectivity index (χ4n) is 4.43. The van der Waals surface area contributed by atoms with Crippen molar-refractivity contribution in [1.29, 1.82) is 0 Å². The van der Waals surface area contributed by atoms with Crippen LogP contribution in [0.3, 0.4) is 0 Å². The van der Waals surface area contributed by atoms with Crippen LogP contribution in [0.4, 0.5) is 0 Å². The maximum Gasteiger partial charge on any atom is 0.259 e. The van der Waals surface area contributed by atoms with Crippen molar-refractivity contribution in [3.63, 3.8) is 0 Å². The molecule has 4 rings (SSSR count). The summed E-state index contributed by atoms with van der Waals surface area (Å²) in [6.45, 7) is 4.28. The molecule has 3 atom stereocenters. The van der Waals surface area contributed by atoms with Crippen molar-refractivity contribution < 1.29 is 24.2 Å². The molecule has 9 nitrogen and oxygen atoms in total. The quantitative estimate of drug-likeness (QED) is 0.489. The molecule has 0 fully saturated rings. The first-order valence-electron chi connectivity index (χ1n) is 12.7. The van der Waals surface area contributed by atoms with Gasteiger partial charge >= 0.3 is 0 Å². The Balaban J connectivity index is 1.63. The summed E-state index contributed by atoms with van der Waals surface area (Å²) in [6, 6.07) is 14.4. The highest BCUT2D eigenvalue weighted by atomic mass is 16.5. The molecule has 1 aromatic carbocycles. The lowest BCUT2D eigenvalue weighted by Gasteiger charge is -2.37. The van der Waals surface area contributed by atoms with Gasteiger partial charge in [0.15, 0.2) is 0 Å². The van der Waals surface area contributed by atoms with E-state index in [2.05, 4.69) is 9.97 Å². The fraction of sp³-hybridized carbons (Fsp3) is 0.379. The van der Waals surface area contributed by atoms with Crippen molar-refractivity contribution in [2.45, 2.75) is 32.4 Å². The third kappa shape index (κ3) is 6.11. The maximum atomic E-state index is 13.7. The Hall–Kier alpha value is -3.98. The summed E-state index contributed by atoms with van der Waals surface area (Å²) in [5, 5.41) is 9.90. The van der Waals surface area contributed by atoms with Crippen molar-refractivity contribution >= 4 is 11.8 Å². The summed E-state index contributed by atoms with van der Waals surface area (Å²) >= 11 is 0. The van der Waals surface area contributed by atoms with Crippen LogP contribution in [0.1, 0.15) is 29.9 Å². The number of fused-ring (bicyclic) bond motifs is 1. The SMILES string of the molecule is COc1ccc(-c2cnc3c(c2)C(=O)N([C@@H](C)CO)C[C@@H](C)[C@@H](CN(C)C(=O)Cc2ccccn2)O3)cc1. The number of aliphatic hydroxyl groups excluding tert-OH is 1. The van der Waals surface area contributed by atoms with Crippen LogP contribution in [-0.2, 0) is 11.2 Å². The average Bonchev–Trinajstić information content (AvgIpc) is 2.94. The topological polar surface area (TPSA) is 105 Å². The highest BCUT2D eigenvalue weighted by Gasteiger charge is 2.34. The number of likely N-dealkylation sites (N-methyl/N-ethyl adjacent to an activating group) is 1. The van der Waals surface area contributed by atoms with E-state index in [1.807, 2.05) is 56.3 Å². The van der Waals surface area contributed by atoms with Gasteiger partial charge in [-0.3, -0.25) is 14.6 Å². The molecule has 0 saturated heterocycles. The minimum absolute atomic E-state index is 0.0822. The Bertz CT molecular complexity index is 1250. The van der Waals surface area contributed by atoms with E-state index in [0.29, 0.717) is 24.3 Å². The van der Waals surface area contributed by atoms with Crippen LogP contribution < -0.4 is 9.47 Å². The maximum absolute atomic E-state index is 13.7. The van der Waals surface area contributed by atoms with Gasteiger partial charge in [0.05, 0.1) is 32.7 Å². The molecule has 0 bridgehead atoms. The van der Waals surface area contributed by atoms with Crippen LogP contribution >= 0.6 is 0 Å². The molecular formula is C29H34N4O5. The Kier molecular flexibility index (Phi) is 8.58. The van der Waals surface area contributed by atoms with Gasteiger partial charge in [0.1, 0.15) is 17.4 Å². The molecular weight excluding hydrogens is 484 g/mol. The molecule has 0 radical (unpaired) electrons. The predicted octanol–water partition coefficient (Wildman–Crippen LogP) is 3.07. The normalized spacial score (nSPS) is 18.0. The van der Waals surface area contributed by atoms with E-state index in [1.165, 1.54) is 0 Å². The smallest absolute Gasteiger partial charge is 0.259 e. The van der Waals surface area contributed by atoms with Gasteiger partial charge in [-0.2, -0.15) is 0 Å². The second-order valence-corrected chi connectivity index (χ2v) is 9.70. The van der Waals surface area contributed by atoms with Gasteiger partial charge in [0.25, 0.3) is 5.91 Å². The summed E-state index contributed by atoms with van der Waals surface area (Å²) in [5.74, 6) is 0.475. The van der Waals surface area contributed by atoms with Gasteiger partial charge in [0.2, 0.25) is 11.8 Å². The molecule has 0 aliphatic carbocycles. The summed E-state index contributed by atoms with van der Waals surface area (Å²) < 4.78 is 11.6. The van der Waals surface area contributed by atoms with E-state index < -0.39 is 12.1 Å². The zero-order valence-corrected chi connectivity index (χ0v) is 22.2. The van der Waals surface area contributed by atoms with Crippen molar-refractivity contribution in [3.8, 4) is 22.8 Å². The number of hydrogen-bond acceptors (Lipinski definition) is 7. The predicted molar refractivity (Wildman–Crippen MR) is 143 cm³/mol. The van der Waals surface area contributed by atoms with Gasteiger partial charge in [-0.05, 0) is 42.8 Å². The third-order valence-electron chi connectivity index (χ3n) is 6.88. The number of benzene rings is 1. The average molecular weight is 519 g/mol. The second-order valence-electron chi connectivity index (χ2n) is 9.70. The first-order chi connectivity index (χ1) is 18.3. The lowest BCUT2D eigenvalue weighted by Crippen LogP contribution is -2.50. The van der Waals surface area contributed by atoms with Crippen molar-refractivity contribution in [3.05, 3.63) is 72.2 Å². The number of ether oxygens (including phenoxy) is 2. The second kappa shape index (κ2) is 12.0. The largest absolute Gasteiger partial charge is 0.497 e. The minimum atomic E-state index is -0.424. The van der Waals surface area contributed by atoms with Crippen molar-refractivity contribution in [1.82, 2.24) is 19.8 Å². The Morgan fingerprint density at radius 3 is 2.63 bits per heavy atom. The number of methoxy groups -OCH3 is 1. The molecule has 3 heterocycles. The van der Waals surface area contributed by atoms with Crippen molar-refractivity contribution in [2.24, 2.45) is 5.92 Å². The lowest BCUT2D eigenvalue weighted by molar-refractivity contribution is -0.130. The Labute approximate surface area is 223 Å². The monoisotopic (exact) mass is 518 g/mol. The van der Waals surface area contributed by atoms with Gasteiger partial charge < -0.3 is 24.4 Å². The molecule has 38 heavy (non-hydrogen) atoms. The fourth-order valence-corrected chi connectivity index (χ4v) is 4.43. The minimum Gasteiger partial charge on any atom is -0.497 e. The van der Waals surface area contributed by atoms with Gasteiger partial charge in [-0.1, -0.05) is 25.1 Å². The van der Waals surface area contributed by atoms with E-state index in [9.17, 15) is 14.7 Å². The highest BCUT2D eigenvalue weighted by Crippen LogP contribution is 2.31. The summed E-state index contributed by atoms with van der Waals surface area (Å²) in [4.78, 5) is 38.7. The lowest BCUT2D eigenvalue weighted by atomic mass is 9.99. The standard InChI is InChI=1S/C29H34N4O5/c1-19-16-33(20(2)18-34)29(36)25-13-22(21-8-10-24(37-4)11-9-21)15-31-28(25)38-26(19)17-32(3)27(35)14-23-7-5-6-12-30-23/h5-13,15,19-20,26,34H,14,16-18H2,1-4H3/t19-,20+,26-/m1/s1. The number of pyridine rings is 2. The molecule has 0 unspecified atom stereocenters. The van der Waals surface area contributed by atoms with Crippen LogP contribution in [0.15, 0.2) is 60.9 Å². The molecule has 200 valence electrons. The zero-order valence-electron chi connectivity index (χ0n) is 22.2. The molecule has 0 spiro atoms. The number of aliphatic hydroxyl groups is 1. The molecule has 9 heteroatoms. The number of carbonyl (C=O) groups excluding carboxylic acids is 2. The molecule has 0 saturated carbocycles.